The molecule has 2 aliphatic heterocycles. The summed E-state index contributed by atoms with van der Waals surface area (Å²) in [5.41, 5.74) is 2.61. The van der Waals surface area contributed by atoms with Gasteiger partial charge < -0.3 is 10.1 Å². The van der Waals surface area contributed by atoms with Crippen molar-refractivity contribution in [1.29, 1.82) is 0 Å². The molecule has 1 spiro atoms. The highest BCUT2D eigenvalue weighted by atomic mass is 16.5. The molecule has 6 heteroatoms. The van der Waals surface area contributed by atoms with Crippen LogP contribution in [-0.2, 0) is 15.0 Å². The number of Topliss-reactive ketones (excluding diaryl/α,β-unsaturated/α-hetero) is 1. The number of para-hydroxylation sites is 2. The molecule has 1 atom stereocenters. The quantitative estimate of drug-likeness (QED) is 0.625. The van der Waals surface area contributed by atoms with Crippen molar-refractivity contribution in [3.8, 4) is 11.6 Å². The second-order valence-electron chi connectivity index (χ2n) is 9.60. The van der Waals surface area contributed by atoms with Crippen LogP contribution < -0.4 is 10.1 Å². The lowest BCUT2D eigenvalue weighted by atomic mass is 9.62. The van der Waals surface area contributed by atoms with Gasteiger partial charge in [-0.05, 0) is 30.5 Å². The SMILES string of the molecule is Cc1nn(-c2ccccc2)c2c1C1(C(=O)Nc3ccccc31)C1=C(CC(C)(C)CC1=O)O2. The first-order valence-electron chi connectivity index (χ1n) is 10.8. The number of amides is 1. The number of ketones is 1. The van der Waals surface area contributed by atoms with Crippen LogP contribution in [0.25, 0.3) is 5.69 Å². The molecule has 3 heterocycles. The Morgan fingerprint density at radius 2 is 1.72 bits per heavy atom. The number of nitrogens with one attached hydrogen (secondary N) is 1. The molecule has 1 aliphatic carbocycles. The average Bonchev–Trinajstić information content (AvgIpc) is 3.22. The van der Waals surface area contributed by atoms with Crippen LogP contribution in [0.5, 0.6) is 5.88 Å². The Labute approximate surface area is 185 Å². The maximum absolute atomic E-state index is 13.8. The van der Waals surface area contributed by atoms with Crippen LogP contribution in [-0.4, -0.2) is 21.5 Å². The third kappa shape index (κ3) is 2.32. The van der Waals surface area contributed by atoms with Gasteiger partial charge in [-0.15, -0.1) is 0 Å². The van der Waals surface area contributed by atoms with E-state index in [9.17, 15) is 9.59 Å². The van der Waals surface area contributed by atoms with Crippen LogP contribution in [0.2, 0.25) is 0 Å². The van der Waals surface area contributed by atoms with Crippen molar-refractivity contribution in [1.82, 2.24) is 9.78 Å². The summed E-state index contributed by atoms with van der Waals surface area (Å²) in [4.78, 5) is 27.5. The van der Waals surface area contributed by atoms with Gasteiger partial charge in [0.05, 0.1) is 22.5 Å². The van der Waals surface area contributed by atoms with Crippen molar-refractivity contribution in [2.45, 2.75) is 39.0 Å². The molecule has 6 rings (SSSR count). The molecular weight excluding hydrogens is 402 g/mol. The molecule has 1 amide bonds. The number of allylic oxidation sites excluding steroid dienone is 1. The van der Waals surface area contributed by atoms with Gasteiger partial charge in [0.2, 0.25) is 11.8 Å². The summed E-state index contributed by atoms with van der Waals surface area (Å²) < 4.78 is 8.22. The molecule has 0 fully saturated rings. The topological polar surface area (TPSA) is 73.2 Å². The van der Waals surface area contributed by atoms with E-state index in [1.165, 1.54) is 0 Å². The van der Waals surface area contributed by atoms with E-state index in [1.54, 1.807) is 4.68 Å². The predicted octanol–water partition coefficient (Wildman–Crippen LogP) is 4.45. The highest BCUT2D eigenvalue weighted by Gasteiger charge is 2.61. The zero-order valence-electron chi connectivity index (χ0n) is 18.2. The van der Waals surface area contributed by atoms with E-state index in [0.29, 0.717) is 41.3 Å². The van der Waals surface area contributed by atoms with Crippen molar-refractivity contribution >= 4 is 17.4 Å². The van der Waals surface area contributed by atoms with Gasteiger partial charge in [0.1, 0.15) is 11.2 Å². The van der Waals surface area contributed by atoms with E-state index in [2.05, 4.69) is 19.2 Å². The van der Waals surface area contributed by atoms with Crippen LogP contribution >= 0.6 is 0 Å². The number of anilines is 1. The molecule has 1 N–H and O–H groups in total. The fourth-order valence-electron chi connectivity index (χ4n) is 5.54. The lowest BCUT2D eigenvalue weighted by molar-refractivity contribution is -0.124. The fourth-order valence-corrected chi connectivity index (χ4v) is 5.54. The first-order valence-corrected chi connectivity index (χ1v) is 10.8. The number of hydrogen-bond acceptors (Lipinski definition) is 4. The highest BCUT2D eigenvalue weighted by Crippen LogP contribution is 2.58. The lowest BCUT2D eigenvalue weighted by Gasteiger charge is -2.41. The monoisotopic (exact) mass is 425 g/mol. The Morgan fingerprint density at radius 1 is 1.00 bits per heavy atom. The summed E-state index contributed by atoms with van der Waals surface area (Å²) in [7, 11) is 0. The van der Waals surface area contributed by atoms with E-state index < -0.39 is 5.41 Å². The second kappa shape index (κ2) is 6.19. The number of aromatic nitrogens is 2. The van der Waals surface area contributed by atoms with Gasteiger partial charge in [-0.3, -0.25) is 9.59 Å². The highest BCUT2D eigenvalue weighted by molar-refractivity contribution is 6.19. The van der Waals surface area contributed by atoms with Crippen LogP contribution in [0.15, 0.2) is 65.9 Å². The van der Waals surface area contributed by atoms with Gasteiger partial charge in [0, 0.05) is 24.1 Å². The molecule has 32 heavy (non-hydrogen) atoms. The number of carbonyl (C=O) groups is 2. The molecule has 3 aromatic rings. The minimum absolute atomic E-state index is 0.0411. The van der Waals surface area contributed by atoms with Crippen molar-refractivity contribution in [3.05, 3.63) is 82.8 Å². The number of hydrogen-bond donors (Lipinski definition) is 1. The largest absolute Gasteiger partial charge is 0.442 e. The lowest BCUT2D eigenvalue weighted by Crippen LogP contribution is -2.47. The van der Waals surface area contributed by atoms with Crippen molar-refractivity contribution in [2.24, 2.45) is 5.41 Å². The number of benzene rings is 2. The Morgan fingerprint density at radius 3 is 2.50 bits per heavy atom. The minimum Gasteiger partial charge on any atom is -0.442 e. The molecule has 1 unspecified atom stereocenters. The van der Waals surface area contributed by atoms with E-state index in [0.717, 1.165) is 16.9 Å². The zero-order valence-corrected chi connectivity index (χ0v) is 18.2. The molecule has 0 bridgehead atoms. The Balaban J connectivity index is 1.73. The molecule has 160 valence electrons. The molecule has 0 saturated carbocycles. The van der Waals surface area contributed by atoms with Crippen molar-refractivity contribution < 1.29 is 14.3 Å². The Kier molecular flexibility index (Phi) is 3.68. The molecule has 2 aromatic carbocycles. The first kappa shape index (κ1) is 19.0. The summed E-state index contributed by atoms with van der Waals surface area (Å²) in [6.45, 7) is 5.99. The summed E-state index contributed by atoms with van der Waals surface area (Å²) in [6, 6.07) is 17.3. The van der Waals surface area contributed by atoms with E-state index in [-0.39, 0.29) is 17.1 Å². The van der Waals surface area contributed by atoms with Crippen LogP contribution in [0.1, 0.15) is 43.5 Å². The van der Waals surface area contributed by atoms with Crippen LogP contribution in [0, 0.1) is 12.3 Å². The van der Waals surface area contributed by atoms with Gasteiger partial charge in [-0.1, -0.05) is 50.2 Å². The third-order valence-electron chi connectivity index (χ3n) is 6.74. The number of aryl methyl sites for hydroxylation is 1. The Hall–Kier alpha value is -3.67. The average molecular weight is 425 g/mol. The van der Waals surface area contributed by atoms with Gasteiger partial charge in [0.25, 0.3) is 0 Å². The summed E-state index contributed by atoms with van der Waals surface area (Å²) in [6.07, 6.45) is 0.942. The van der Waals surface area contributed by atoms with Gasteiger partial charge in [-0.2, -0.15) is 5.10 Å². The van der Waals surface area contributed by atoms with Crippen molar-refractivity contribution in [2.75, 3.05) is 5.32 Å². The maximum Gasteiger partial charge on any atom is 0.244 e. The smallest absolute Gasteiger partial charge is 0.244 e. The molecule has 6 nitrogen and oxygen atoms in total. The van der Waals surface area contributed by atoms with Crippen LogP contribution in [0.4, 0.5) is 5.69 Å². The first-order chi connectivity index (χ1) is 15.3. The predicted molar refractivity (Wildman–Crippen MR) is 120 cm³/mol. The molecule has 1 aromatic heterocycles. The summed E-state index contributed by atoms with van der Waals surface area (Å²) in [5.74, 6) is 0.813. The molecule has 0 radical (unpaired) electrons. The molecular formula is C26H23N3O3. The number of rotatable bonds is 1. The van der Waals surface area contributed by atoms with Crippen LogP contribution in [0.3, 0.4) is 0 Å². The maximum atomic E-state index is 13.8. The van der Waals surface area contributed by atoms with E-state index in [1.807, 2.05) is 61.5 Å². The molecule has 3 aliphatic rings. The normalized spacial score (nSPS) is 22.8. The molecule has 0 saturated heterocycles. The van der Waals surface area contributed by atoms with Gasteiger partial charge in [0.15, 0.2) is 5.78 Å². The standard InChI is InChI=1S/C26H23N3O3/c1-15-21-23(29(28-15)16-9-5-4-6-10-16)32-20-14-25(2,3)13-19(30)22(20)26(21)17-11-7-8-12-18(17)27-24(26)31/h4-12H,13-14H2,1-3H3,(H,27,31). The van der Waals surface area contributed by atoms with E-state index in [4.69, 9.17) is 9.84 Å². The van der Waals surface area contributed by atoms with Gasteiger partial charge >= 0.3 is 0 Å². The summed E-state index contributed by atoms with van der Waals surface area (Å²) >= 11 is 0. The van der Waals surface area contributed by atoms with Crippen molar-refractivity contribution in [3.63, 3.8) is 0 Å². The second-order valence-corrected chi connectivity index (χ2v) is 9.60. The van der Waals surface area contributed by atoms with Gasteiger partial charge in [-0.25, -0.2) is 4.68 Å². The number of carbonyl (C=O) groups excluding carboxylic acids is 2. The number of nitrogens with zero attached hydrogens (tertiary/aromatic N) is 2. The number of fused-ring (bicyclic) bond motifs is 5. The fraction of sp³-hybridized carbons (Fsp3) is 0.269. The minimum atomic E-state index is -1.26. The van der Waals surface area contributed by atoms with E-state index >= 15 is 0 Å². The zero-order chi connectivity index (χ0) is 22.3. The number of ether oxygens (including phenoxy) is 1. The third-order valence-corrected chi connectivity index (χ3v) is 6.74. The Bertz CT molecular complexity index is 1350. The summed E-state index contributed by atoms with van der Waals surface area (Å²) in [5, 5.41) is 7.81.